The normalized spacial score (nSPS) is 10.5. The summed E-state index contributed by atoms with van der Waals surface area (Å²) < 4.78 is 0. The maximum atomic E-state index is 12.5. The lowest BCUT2D eigenvalue weighted by Crippen LogP contribution is -2.04. The van der Waals surface area contributed by atoms with E-state index < -0.39 is 0 Å². The molecular weight excluding hydrogens is 252 g/mol. The lowest BCUT2D eigenvalue weighted by molar-refractivity contribution is 0.103. The molecule has 2 aromatic rings. The highest BCUT2D eigenvalue weighted by atomic mass is 16.3. The quantitative estimate of drug-likeness (QED) is 0.836. The summed E-state index contributed by atoms with van der Waals surface area (Å²) >= 11 is 0. The number of rotatable bonds is 4. The standard InChI is InChI=1S/C17H18O3/c1-3-11-7-5-9-13(15(11)18)17(20)14-10-6-8-12(4-2)16(14)19/h5-10,18-19H,3-4H2,1-2H3. The molecule has 0 aliphatic heterocycles. The van der Waals surface area contributed by atoms with Crippen molar-refractivity contribution in [3.8, 4) is 11.5 Å². The Hall–Kier alpha value is -2.29. The molecule has 104 valence electrons. The van der Waals surface area contributed by atoms with Gasteiger partial charge in [0.1, 0.15) is 11.5 Å². The fourth-order valence-corrected chi connectivity index (χ4v) is 2.26. The highest BCUT2D eigenvalue weighted by molar-refractivity contribution is 6.12. The minimum absolute atomic E-state index is 0.00121. The van der Waals surface area contributed by atoms with Gasteiger partial charge in [-0.3, -0.25) is 4.79 Å². The molecule has 0 saturated heterocycles. The van der Waals surface area contributed by atoms with Crippen molar-refractivity contribution in [2.45, 2.75) is 26.7 Å². The second-order valence-corrected chi connectivity index (χ2v) is 4.66. The average Bonchev–Trinajstić information content (AvgIpc) is 2.47. The number of hydrogen-bond acceptors (Lipinski definition) is 3. The SMILES string of the molecule is CCc1cccc(C(=O)c2cccc(CC)c2O)c1O. The van der Waals surface area contributed by atoms with E-state index in [1.165, 1.54) is 0 Å². The predicted molar refractivity (Wildman–Crippen MR) is 78.4 cm³/mol. The monoisotopic (exact) mass is 270 g/mol. The Kier molecular flexibility index (Phi) is 4.08. The summed E-state index contributed by atoms with van der Waals surface area (Å²) in [7, 11) is 0. The van der Waals surface area contributed by atoms with Crippen molar-refractivity contribution in [1.29, 1.82) is 0 Å². The van der Waals surface area contributed by atoms with Crippen molar-refractivity contribution >= 4 is 5.78 Å². The topological polar surface area (TPSA) is 57.5 Å². The molecule has 0 fully saturated rings. The summed E-state index contributed by atoms with van der Waals surface area (Å²) in [6.07, 6.45) is 1.29. The molecule has 3 nitrogen and oxygen atoms in total. The number of ketones is 1. The molecule has 0 spiro atoms. The Balaban J connectivity index is 2.52. The Bertz CT molecular complexity index is 589. The van der Waals surface area contributed by atoms with E-state index in [1.54, 1.807) is 36.4 Å². The molecule has 0 saturated carbocycles. The van der Waals surface area contributed by atoms with Crippen LogP contribution in [-0.2, 0) is 12.8 Å². The van der Waals surface area contributed by atoms with Crippen molar-refractivity contribution in [3.05, 3.63) is 58.7 Å². The smallest absolute Gasteiger partial charge is 0.200 e. The van der Waals surface area contributed by atoms with Crippen molar-refractivity contribution in [2.24, 2.45) is 0 Å². The first kappa shape index (κ1) is 14.1. The van der Waals surface area contributed by atoms with E-state index in [2.05, 4.69) is 0 Å². The first-order chi connectivity index (χ1) is 9.60. The van der Waals surface area contributed by atoms with Crippen molar-refractivity contribution < 1.29 is 15.0 Å². The lowest BCUT2D eigenvalue weighted by Gasteiger charge is -2.10. The molecule has 0 aromatic heterocycles. The van der Waals surface area contributed by atoms with E-state index >= 15 is 0 Å². The minimum Gasteiger partial charge on any atom is -0.507 e. The van der Waals surface area contributed by atoms with Gasteiger partial charge >= 0.3 is 0 Å². The fraction of sp³-hybridized carbons (Fsp3) is 0.235. The molecule has 0 bridgehead atoms. The van der Waals surface area contributed by atoms with Gasteiger partial charge in [-0.15, -0.1) is 0 Å². The highest BCUT2D eigenvalue weighted by Gasteiger charge is 2.19. The van der Waals surface area contributed by atoms with E-state index in [9.17, 15) is 15.0 Å². The van der Waals surface area contributed by atoms with Crippen LogP contribution >= 0.6 is 0 Å². The fourth-order valence-electron chi connectivity index (χ4n) is 2.26. The third-order valence-corrected chi connectivity index (χ3v) is 3.49. The third kappa shape index (κ3) is 2.39. The van der Waals surface area contributed by atoms with Gasteiger partial charge in [0.05, 0.1) is 11.1 Å². The van der Waals surface area contributed by atoms with Crippen molar-refractivity contribution in [3.63, 3.8) is 0 Å². The molecular formula is C17H18O3. The number of carbonyl (C=O) groups excluding carboxylic acids is 1. The largest absolute Gasteiger partial charge is 0.507 e. The van der Waals surface area contributed by atoms with Crippen molar-refractivity contribution in [2.75, 3.05) is 0 Å². The molecule has 3 heteroatoms. The number of phenolic OH excluding ortho intramolecular Hbond substituents is 2. The Morgan fingerprint density at radius 3 is 1.60 bits per heavy atom. The molecule has 2 rings (SSSR count). The number of benzene rings is 2. The first-order valence-corrected chi connectivity index (χ1v) is 6.76. The van der Waals surface area contributed by atoms with E-state index in [4.69, 9.17) is 0 Å². The zero-order chi connectivity index (χ0) is 14.7. The molecule has 20 heavy (non-hydrogen) atoms. The number of para-hydroxylation sites is 2. The van der Waals surface area contributed by atoms with E-state index in [1.807, 2.05) is 13.8 Å². The Morgan fingerprint density at radius 2 is 1.25 bits per heavy atom. The summed E-state index contributed by atoms with van der Waals surface area (Å²) in [6.45, 7) is 3.83. The maximum Gasteiger partial charge on any atom is 0.200 e. The molecule has 0 aliphatic rings. The van der Waals surface area contributed by atoms with Crippen LogP contribution < -0.4 is 0 Å². The first-order valence-electron chi connectivity index (χ1n) is 6.76. The predicted octanol–water partition coefficient (Wildman–Crippen LogP) is 3.45. The van der Waals surface area contributed by atoms with E-state index in [0.29, 0.717) is 12.8 Å². The molecule has 0 radical (unpaired) electrons. The number of phenols is 2. The zero-order valence-corrected chi connectivity index (χ0v) is 11.7. The second-order valence-electron chi connectivity index (χ2n) is 4.66. The van der Waals surface area contributed by atoms with Gasteiger partial charge < -0.3 is 10.2 Å². The second kappa shape index (κ2) is 5.78. The lowest BCUT2D eigenvalue weighted by atomic mass is 9.96. The van der Waals surface area contributed by atoms with Gasteiger partial charge in [0, 0.05) is 0 Å². The van der Waals surface area contributed by atoms with E-state index in [0.717, 1.165) is 11.1 Å². The number of hydrogen-bond donors (Lipinski definition) is 2. The highest BCUT2D eigenvalue weighted by Crippen LogP contribution is 2.30. The molecule has 0 unspecified atom stereocenters. The number of aromatic hydroxyl groups is 2. The van der Waals surface area contributed by atoms with Gasteiger partial charge in [-0.1, -0.05) is 38.1 Å². The Morgan fingerprint density at radius 1 is 0.850 bits per heavy atom. The molecule has 2 N–H and O–H groups in total. The van der Waals surface area contributed by atoms with Gasteiger partial charge in [0.2, 0.25) is 0 Å². The van der Waals surface area contributed by atoms with Gasteiger partial charge in [-0.25, -0.2) is 0 Å². The summed E-state index contributed by atoms with van der Waals surface area (Å²) in [5, 5.41) is 20.3. The van der Waals surface area contributed by atoms with Crippen molar-refractivity contribution in [1.82, 2.24) is 0 Å². The van der Waals surface area contributed by atoms with Crippen LogP contribution in [0.5, 0.6) is 11.5 Å². The van der Waals surface area contributed by atoms with Crippen LogP contribution in [0.3, 0.4) is 0 Å². The van der Waals surface area contributed by atoms with Crippen LogP contribution in [0.25, 0.3) is 0 Å². The van der Waals surface area contributed by atoms with Crippen LogP contribution in [0, 0.1) is 0 Å². The Labute approximate surface area is 118 Å². The van der Waals surface area contributed by atoms with Crippen LogP contribution in [0.15, 0.2) is 36.4 Å². The van der Waals surface area contributed by atoms with Gasteiger partial charge in [-0.2, -0.15) is 0 Å². The molecule has 0 amide bonds. The summed E-state index contributed by atoms with van der Waals surface area (Å²) in [4.78, 5) is 12.5. The number of carbonyl (C=O) groups is 1. The summed E-state index contributed by atoms with van der Waals surface area (Å²) in [5.41, 5.74) is 1.91. The molecule has 0 aliphatic carbocycles. The summed E-state index contributed by atoms with van der Waals surface area (Å²) in [5.74, 6) is -0.354. The van der Waals surface area contributed by atoms with Gasteiger partial charge in [0.15, 0.2) is 5.78 Å². The molecule has 0 atom stereocenters. The van der Waals surface area contributed by atoms with Crippen LogP contribution in [0.2, 0.25) is 0 Å². The van der Waals surface area contributed by atoms with Gasteiger partial charge in [0.25, 0.3) is 0 Å². The van der Waals surface area contributed by atoms with Crippen LogP contribution in [0.1, 0.15) is 40.9 Å². The van der Waals surface area contributed by atoms with Crippen LogP contribution in [-0.4, -0.2) is 16.0 Å². The molecule has 0 heterocycles. The number of aryl methyl sites for hydroxylation is 2. The van der Waals surface area contributed by atoms with Gasteiger partial charge in [-0.05, 0) is 36.1 Å². The average molecular weight is 270 g/mol. The minimum atomic E-state index is -0.356. The summed E-state index contributed by atoms with van der Waals surface area (Å²) in [6, 6.07) is 10.2. The molecule has 2 aromatic carbocycles. The van der Waals surface area contributed by atoms with E-state index in [-0.39, 0.29) is 28.4 Å². The maximum absolute atomic E-state index is 12.5. The van der Waals surface area contributed by atoms with Crippen LogP contribution in [0.4, 0.5) is 0 Å². The third-order valence-electron chi connectivity index (χ3n) is 3.49. The zero-order valence-electron chi connectivity index (χ0n) is 11.7.